The first-order valence-corrected chi connectivity index (χ1v) is 6.78. The number of hydrogen-bond acceptors (Lipinski definition) is 6. The second-order valence-corrected chi connectivity index (χ2v) is 5.67. The van der Waals surface area contributed by atoms with Crippen LogP contribution in [0.2, 0.25) is 0 Å². The van der Waals surface area contributed by atoms with Crippen molar-refractivity contribution < 1.29 is 4.79 Å². The standard InChI is InChI=1S/C13H22N6O/c1-13(2,11(20)17-14)10-18-6-8-19(9-7-18)12-15-4-3-5-16-12/h3-5H,6-10,14H2,1-2H3,(H,17,20). The third kappa shape index (κ3) is 3.43. The first kappa shape index (κ1) is 14.7. The van der Waals surface area contributed by atoms with Crippen LogP contribution in [0, 0.1) is 5.41 Å². The smallest absolute Gasteiger partial charge is 0.240 e. The van der Waals surface area contributed by atoms with Gasteiger partial charge in [-0.15, -0.1) is 0 Å². The van der Waals surface area contributed by atoms with Crippen molar-refractivity contribution in [3.05, 3.63) is 18.5 Å². The Bertz CT molecular complexity index is 441. The average molecular weight is 278 g/mol. The van der Waals surface area contributed by atoms with Gasteiger partial charge in [0.15, 0.2) is 0 Å². The third-order valence-corrected chi connectivity index (χ3v) is 3.57. The normalized spacial score (nSPS) is 17.1. The lowest BCUT2D eigenvalue weighted by molar-refractivity contribution is -0.130. The highest BCUT2D eigenvalue weighted by Crippen LogP contribution is 2.19. The Morgan fingerprint density at radius 2 is 1.90 bits per heavy atom. The van der Waals surface area contributed by atoms with Gasteiger partial charge in [-0.1, -0.05) is 0 Å². The highest BCUT2D eigenvalue weighted by Gasteiger charge is 2.31. The maximum absolute atomic E-state index is 11.7. The molecule has 20 heavy (non-hydrogen) atoms. The molecule has 0 atom stereocenters. The number of carbonyl (C=O) groups excluding carboxylic acids is 1. The molecule has 1 aromatic rings. The lowest BCUT2D eigenvalue weighted by Gasteiger charge is -2.38. The van der Waals surface area contributed by atoms with Crippen LogP contribution in [0.25, 0.3) is 0 Å². The van der Waals surface area contributed by atoms with Crippen LogP contribution in [-0.4, -0.2) is 53.5 Å². The molecule has 3 N–H and O–H groups in total. The molecule has 0 unspecified atom stereocenters. The molecule has 1 aliphatic rings. The number of amides is 1. The molecule has 1 fully saturated rings. The second-order valence-electron chi connectivity index (χ2n) is 5.67. The quantitative estimate of drug-likeness (QED) is 0.443. The van der Waals surface area contributed by atoms with Crippen LogP contribution in [0.4, 0.5) is 5.95 Å². The van der Waals surface area contributed by atoms with E-state index in [1.807, 2.05) is 19.9 Å². The van der Waals surface area contributed by atoms with E-state index in [-0.39, 0.29) is 5.91 Å². The van der Waals surface area contributed by atoms with Gasteiger partial charge in [0.25, 0.3) is 0 Å². The van der Waals surface area contributed by atoms with Crippen molar-refractivity contribution in [1.82, 2.24) is 20.3 Å². The molecular formula is C13H22N6O. The van der Waals surface area contributed by atoms with Crippen LogP contribution >= 0.6 is 0 Å². The van der Waals surface area contributed by atoms with E-state index in [2.05, 4.69) is 25.2 Å². The van der Waals surface area contributed by atoms with E-state index in [0.717, 1.165) is 32.1 Å². The molecule has 0 saturated carbocycles. The van der Waals surface area contributed by atoms with E-state index >= 15 is 0 Å². The van der Waals surface area contributed by atoms with Gasteiger partial charge < -0.3 is 4.90 Å². The molecule has 1 aliphatic heterocycles. The van der Waals surface area contributed by atoms with E-state index in [1.165, 1.54) is 0 Å². The fourth-order valence-corrected chi connectivity index (χ4v) is 2.39. The summed E-state index contributed by atoms with van der Waals surface area (Å²) < 4.78 is 0. The Kier molecular flexibility index (Phi) is 4.51. The van der Waals surface area contributed by atoms with Gasteiger partial charge in [0.2, 0.25) is 11.9 Å². The maximum Gasteiger partial charge on any atom is 0.240 e. The molecule has 2 heterocycles. The molecule has 7 nitrogen and oxygen atoms in total. The largest absolute Gasteiger partial charge is 0.338 e. The number of aromatic nitrogens is 2. The number of piperazine rings is 1. The summed E-state index contributed by atoms with van der Waals surface area (Å²) in [5.41, 5.74) is 1.75. The van der Waals surface area contributed by atoms with Crippen LogP contribution in [0.5, 0.6) is 0 Å². The lowest BCUT2D eigenvalue weighted by atomic mass is 9.91. The molecule has 7 heteroatoms. The zero-order chi connectivity index (χ0) is 14.6. The van der Waals surface area contributed by atoms with E-state index in [4.69, 9.17) is 5.84 Å². The van der Waals surface area contributed by atoms with Gasteiger partial charge in [0.05, 0.1) is 5.41 Å². The van der Waals surface area contributed by atoms with Crippen molar-refractivity contribution >= 4 is 11.9 Å². The monoisotopic (exact) mass is 278 g/mol. The Morgan fingerprint density at radius 3 is 2.45 bits per heavy atom. The molecule has 1 saturated heterocycles. The molecule has 0 aromatic carbocycles. The van der Waals surface area contributed by atoms with Crippen molar-refractivity contribution in [2.45, 2.75) is 13.8 Å². The molecule has 1 amide bonds. The first-order valence-electron chi connectivity index (χ1n) is 6.78. The predicted octanol–water partition coefficient (Wildman–Crippen LogP) is -0.385. The SMILES string of the molecule is CC(C)(CN1CCN(c2ncccn2)CC1)C(=O)NN. The van der Waals surface area contributed by atoms with E-state index < -0.39 is 5.41 Å². The minimum absolute atomic E-state index is 0.133. The van der Waals surface area contributed by atoms with Crippen molar-refractivity contribution in [2.24, 2.45) is 11.3 Å². The topological polar surface area (TPSA) is 87.4 Å². The minimum Gasteiger partial charge on any atom is -0.338 e. The molecule has 0 radical (unpaired) electrons. The number of rotatable bonds is 4. The van der Waals surface area contributed by atoms with Crippen LogP contribution < -0.4 is 16.2 Å². The zero-order valence-corrected chi connectivity index (χ0v) is 12.0. The maximum atomic E-state index is 11.7. The van der Waals surface area contributed by atoms with Gasteiger partial charge in [-0.25, -0.2) is 15.8 Å². The summed E-state index contributed by atoms with van der Waals surface area (Å²) in [5.74, 6) is 5.86. The van der Waals surface area contributed by atoms with E-state index in [1.54, 1.807) is 12.4 Å². The zero-order valence-electron chi connectivity index (χ0n) is 12.0. The van der Waals surface area contributed by atoms with Gasteiger partial charge in [-0.3, -0.25) is 15.1 Å². The van der Waals surface area contributed by atoms with Gasteiger partial charge in [0.1, 0.15) is 0 Å². The summed E-state index contributed by atoms with van der Waals surface area (Å²) in [6.07, 6.45) is 3.51. The average Bonchev–Trinajstić information content (AvgIpc) is 2.47. The van der Waals surface area contributed by atoms with Gasteiger partial charge in [0, 0.05) is 45.1 Å². The minimum atomic E-state index is -0.486. The fraction of sp³-hybridized carbons (Fsp3) is 0.615. The van der Waals surface area contributed by atoms with E-state index in [9.17, 15) is 4.79 Å². The van der Waals surface area contributed by atoms with Crippen LogP contribution in [0.3, 0.4) is 0 Å². The number of hydrazine groups is 1. The summed E-state index contributed by atoms with van der Waals surface area (Å²) in [4.78, 5) is 24.6. The van der Waals surface area contributed by atoms with Gasteiger partial charge in [-0.05, 0) is 19.9 Å². The summed E-state index contributed by atoms with van der Waals surface area (Å²) in [6.45, 7) is 8.01. The number of nitrogens with two attached hydrogens (primary N) is 1. The Hall–Kier alpha value is -1.73. The summed E-state index contributed by atoms with van der Waals surface area (Å²) in [5, 5.41) is 0. The van der Waals surface area contributed by atoms with E-state index in [0.29, 0.717) is 6.54 Å². The number of nitrogens with zero attached hydrogens (tertiary/aromatic N) is 4. The van der Waals surface area contributed by atoms with Gasteiger partial charge in [-0.2, -0.15) is 0 Å². The Balaban J connectivity index is 1.87. The summed E-state index contributed by atoms with van der Waals surface area (Å²) in [6, 6.07) is 1.81. The lowest BCUT2D eigenvalue weighted by Crippen LogP contribution is -2.53. The van der Waals surface area contributed by atoms with Crippen molar-refractivity contribution in [3.8, 4) is 0 Å². The number of nitrogens with one attached hydrogen (secondary N) is 1. The first-order chi connectivity index (χ1) is 9.53. The second kappa shape index (κ2) is 6.15. The highest BCUT2D eigenvalue weighted by atomic mass is 16.2. The predicted molar refractivity (Wildman–Crippen MR) is 76.8 cm³/mol. The van der Waals surface area contributed by atoms with Gasteiger partial charge >= 0.3 is 0 Å². The number of carbonyl (C=O) groups is 1. The third-order valence-electron chi connectivity index (χ3n) is 3.57. The molecular weight excluding hydrogens is 256 g/mol. The molecule has 1 aromatic heterocycles. The summed E-state index contributed by atoms with van der Waals surface area (Å²) in [7, 11) is 0. The van der Waals surface area contributed by atoms with Crippen molar-refractivity contribution in [2.75, 3.05) is 37.6 Å². The molecule has 0 bridgehead atoms. The fourth-order valence-electron chi connectivity index (χ4n) is 2.39. The van der Waals surface area contributed by atoms with Crippen molar-refractivity contribution in [3.63, 3.8) is 0 Å². The Morgan fingerprint density at radius 1 is 1.30 bits per heavy atom. The number of anilines is 1. The number of hydrogen-bond donors (Lipinski definition) is 2. The molecule has 0 spiro atoms. The van der Waals surface area contributed by atoms with Crippen molar-refractivity contribution in [1.29, 1.82) is 0 Å². The Labute approximate surface area is 119 Å². The molecule has 110 valence electrons. The molecule has 2 rings (SSSR count). The van der Waals surface area contributed by atoms with Crippen LogP contribution in [-0.2, 0) is 4.79 Å². The van der Waals surface area contributed by atoms with Crippen LogP contribution in [0.1, 0.15) is 13.8 Å². The highest BCUT2D eigenvalue weighted by molar-refractivity contribution is 5.81. The summed E-state index contributed by atoms with van der Waals surface area (Å²) >= 11 is 0. The molecule has 0 aliphatic carbocycles. The van der Waals surface area contributed by atoms with Crippen LogP contribution in [0.15, 0.2) is 18.5 Å².